The summed E-state index contributed by atoms with van der Waals surface area (Å²) in [6, 6.07) is 5.43. The smallest absolute Gasteiger partial charge is 0.340 e. The molecule has 0 saturated heterocycles. The minimum atomic E-state index is -0.439. The second-order valence-electron chi connectivity index (χ2n) is 9.49. The summed E-state index contributed by atoms with van der Waals surface area (Å²) in [6.45, 7) is 11.7. The van der Waals surface area contributed by atoms with E-state index >= 15 is 0 Å². The molecule has 1 amide bonds. The zero-order valence-corrected chi connectivity index (χ0v) is 23.5. The minimum Gasteiger partial charge on any atom is -0.462 e. The summed E-state index contributed by atoms with van der Waals surface area (Å²) in [5, 5.41) is 3.42. The first-order valence-corrected chi connectivity index (χ1v) is 13.5. The molecule has 0 aliphatic heterocycles. The van der Waals surface area contributed by atoms with Crippen LogP contribution in [0.5, 0.6) is 0 Å². The first-order chi connectivity index (χ1) is 17.3. The molecule has 0 heterocycles. The van der Waals surface area contributed by atoms with Gasteiger partial charge in [-0.05, 0) is 65.2 Å². The molecule has 0 atom stereocenters. The fourth-order valence-corrected chi connectivity index (χ4v) is 3.71. The van der Waals surface area contributed by atoms with Crippen LogP contribution in [-0.2, 0) is 14.3 Å². The topological polar surface area (TPSA) is 67.9 Å². The zero-order chi connectivity index (χ0) is 26.8. The number of likely N-dealkylation sites (N-methyl/N-ethyl adjacent to an activating group) is 1. The van der Waals surface area contributed by atoms with Crippen LogP contribution in [0, 0.1) is 0 Å². The van der Waals surface area contributed by atoms with Gasteiger partial charge >= 0.3 is 5.97 Å². The number of hydrogen-bond donors (Lipinski definition) is 1. The molecule has 202 valence electrons. The Labute approximate surface area is 219 Å². The maximum Gasteiger partial charge on any atom is 0.340 e. The number of allylic oxidation sites excluding steroid dienone is 3. The number of hydrogen-bond acceptors (Lipinski definition) is 5. The Balaban J connectivity index is 2.73. The number of carbonyl (C=O) groups is 2. The molecule has 6 heteroatoms. The highest BCUT2D eigenvalue weighted by molar-refractivity contribution is 6.03. The third kappa shape index (κ3) is 12.9. The maximum atomic E-state index is 12.9. The van der Waals surface area contributed by atoms with E-state index in [2.05, 4.69) is 39.1 Å². The lowest BCUT2D eigenvalue weighted by molar-refractivity contribution is -0.122. The second-order valence-corrected chi connectivity index (χ2v) is 9.49. The lowest BCUT2D eigenvalue weighted by Crippen LogP contribution is -2.31. The van der Waals surface area contributed by atoms with Crippen LogP contribution in [0.25, 0.3) is 0 Å². The number of nitrogens with zero attached hydrogens (tertiary/aromatic N) is 1. The number of benzene rings is 1. The van der Waals surface area contributed by atoms with Gasteiger partial charge in [0.25, 0.3) is 5.91 Å². The predicted octanol–water partition coefficient (Wildman–Crippen LogP) is 7.31. The van der Waals surface area contributed by atoms with Gasteiger partial charge in [0.15, 0.2) is 0 Å². The van der Waals surface area contributed by atoms with Crippen molar-refractivity contribution in [3.8, 4) is 0 Å². The monoisotopic (exact) mass is 500 g/mol. The standard InChI is InChI=1S/C30H48N2O4/c1-7-9-10-11-12-13-20-31-26-17-18-27(30(34)36-8-2)28(22-26)32(6)29(33)23-35-21-19-25(5)16-14-15-24(3)4/h15,17-19,22,31H,7-14,16,20-21,23H2,1-6H3. The Morgan fingerprint density at radius 2 is 1.72 bits per heavy atom. The van der Waals surface area contributed by atoms with Crippen LogP contribution < -0.4 is 10.2 Å². The average molecular weight is 501 g/mol. The van der Waals surface area contributed by atoms with E-state index < -0.39 is 5.97 Å². The van der Waals surface area contributed by atoms with Gasteiger partial charge in [-0.15, -0.1) is 0 Å². The van der Waals surface area contributed by atoms with Crippen LogP contribution in [0.1, 0.15) is 96.3 Å². The Morgan fingerprint density at radius 3 is 2.42 bits per heavy atom. The molecule has 0 radical (unpaired) electrons. The molecule has 1 aromatic rings. The highest BCUT2D eigenvalue weighted by Crippen LogP contribution is 2.25. The number of amides is 1. The van der Waals surface area contributed by atoms with Crippen molar-refractivity contribution in [3.05, 3.63) is 47.1 Å². The molecule has 0 saturated carbocycles. The Kier molecular flexibility index (Phi) is 16.3. The molecule has 1 rings (SSSR count). The predicted molar refractivity (Wildman–Crippen MR) is 151 cm³/mol. The van der Waals surface area contributed by atoms with Gasteiger partial charge in [-0.1, -0.05) is 62.3 Å². The van der Waals surface area contributed by atoms with Crippen LogP contribution in [0.2, 0.25) is 0 Å². The van der Waals surface area contributed by atoms with Crippen molar-refractivity contribution in [3.63, 3.8) is 0 Å². The van der Waals surface area contributed by atoms with E-state index in [1.165, 1.54) is 48.2 Å². The number of unbranched alkanes of at least 4 members (excludes halogenated alkanes) is 5. The fraction of sp³-hybridized carbons (Fsp3) is 0.600. The number of ether oxygens (including phenoxy) is 2. The molecule has 0 fully saturated rings. The Bertz CT molecular complexity index is 857. The SMILES string of the molecule is CCCCCCCCNc1ccc(C(=O)OCC)c(N(C)C(=O)COCC=C(C)CCC=C(C)C)c1. The van der Waals surface area contributed by atoms with Gasteiger partial charge in [-0.2, -0.15) is 0 Å². The van der Waals surface area contributed by atoms with Gasteiger partial charge in [0, 0.05) is 19.3 Å². The molecular weight excluding hydrogens is 452 g/mol. The summed E-state index contributed by atoms with van der Waals surface area (Å²) < 4.78 is 10.8. The van der Waals surface area contributed by atoms with Gasteiger partial charge in [0.2, 0.25) is 0 Å². The normalized spacial score (nSPS) is 11.2. The van der Waals surface area contributed by atoms with Crippen LogP contribution in [0.3, 0.4) is 0 Å². The molecular formula is C30H48N2O4. The Morgan fingerprint density at radius 1 is 1.00 bits per heavy atom. The molecule has 0 aliphatic rings. The highest BCUT2D eigenvalue weighted by Gasteiger charge is 2.20. The van der Waals surface area contributed by atoms with Crippen molar-refractivity contribution in [1.82, 2.24) is 0 Å². The molecule has 6 nitrogen and oxygen atoms in total. The van der Waals surface area contributed by atoms with Crippen molar-refractivity contribution < 1.29 is 19.1 Å². The lowest BCUT2D eigenvalue weighted by Gasteiger charge is -2.21. The molecule has 0 aromatic heterocycles. The number of anilines is 2. The number of rotatable bonds is 18. The van der Waals surface area contributed by atoms with Crippen molar-refractivity contribution in [2.45, 2.75) is 86.0 Å². The van der Waals surface area contributed by atoms with Gasteiger partial charge in [0.1, 0.15) is 6.61 Å². The minimum absolute atomic E-state index is 0.0636. The largest absolute Gasteiger partial charge is 0.462 e. The molecule has 0 aliphatic carbocycles. The van der Waals surface area contributed by atoms with Crippen LogP contribution >= 0.6 is 0 Å². The highest BCUT2D eigenvalue weighted by atomic mass is 16.5. The van der Waals surface area contributed by atoms with Gasteiger partial charge in [0.05, 0.1) is 24.5 Å². The second kappa shape index (κ2) is 18.6. The molecule has 36 heavy (non-hydrogen) atoms. The third-order valence-corrected chi connectivity index (χ3v) is 5.95. The summed E-state index contributed by atoms with van der Waals surface area (Å²) in [4.78, 5) is 26.9. The van der Waals surface area contributed by atoms with Crippen LogP contribution in [0.4, 0.5) is 11.4 Å². The number of nitrogens with one attached hydrogen (secondary N) is 1. The lowest BCUT2D eigenvalue weighted by atomic mass is 10.1. The first kappa shape index (κ1) is 31.4. The van der Waals surface area contributed by atoms with Crippen molar-refractivity contribution in [2.24, 2.45) is 0 Å². The van der Waals surface area contributed by atoms with Crippen molar-refractivity contribution in [2.75, 3.05) is 43.6 Å². The van der Waals surface area contributed by atoms with E-state index in [1.807, 2.05) is 18.2 Å². The van der Waals surface area contributed by atoms with Gasteiger partial charge in [-0.3, -0.25) is 4.79 Å². The van der Waals surface area contributed by atoms with Gasteiger partial charge in [-0.25, -0.2) is 4.79 Å². The number of carbonyl (C=O) groups excluding carboxylic acids is 2. The molecule has 0 bridgehead atoms. The first-order valence-electron chi connectivity index (χ1n) is 13.5. The summed E-state index contributed by atoms with van der Waals surface area (Å²) >= 11 is 0. The van der Waals surface area contributed by atoms with E-state index in [0.29, 0.717) is 17.9 Å². The quantitative estimate of drug-likeness (QED) is 0.130. The fourth-order valence-electron chi connectivity index (χ4n) is 3.71. The van der Waals surface area contributed by atoms with Crippen LogP contribution in [0.15, 0.2) is 41.5 Å². The average Bonchev–Trinajstić information content (AvgIpc) is 2.85. The summed E-state index contributed by atoms with van der Waals surface area (Å²) in [5.41, 5.74) is 4.32. The molecule has 0 spiro atoms. The van der Waals surface area contributed by atoms with E-state index in [4.69, 9.17) is 9.47 Å². The van der Waals surface area contributed by atoms with E-state index in [9.17, 15) is 9.59 Å². The maximum absolute atomic E-state index is 12.9. The van der Waals surface area contributed by atoms with E-state index in [-0.39, 0.29) is 19.1 Å². The molecule has 0 unspecified atom stereocenters. The molecule has 1 N–H and O–H groups in total. The summed E-state index contributed by atoms with van der Waals surface area (Å²) in [6.07, 6.45) is 13.6. The third-order valence-electron chi connectivity index (χ3n) is 5.95. The van der Waals surface area contributed by atoms with Gasteiger partial charge < -0.3 is 19.7 Å². The number of esters is 1. The van der Waals surface area contributed by atoms with E-state index in [1.54, 1.807) is 20.0 Å². The molecule has 1 aromatic carbocycles. The Hall–Kier alpha value is -2.60. The van der Waals surface area contributed by atoms with Crippen molar-refractivity contribution in [1.29, 1.82) is 0 Å². The van der Waals surface area contributed by atoms with E-state index in [0.717, 1.165) is 31.5 Å². The zero-order valence-electron chi connectivity index (χ0n) is 23.5. The van der Waals surface area contributed by atoms with Crippen molar-refractivity contribution >= 4 is 23.3 Å². The van der Waals surface area contributed by atoms with Crippen LogP contribution in [-0.4, -0.2) is 45.3 Å². The summed E-state index contributed by atoms with van der Waals surface area (Å²) in [5.74, 6) is -0.658. The summed E-state index contributed by atoms with van der Waals surface area (Å²) in [7, 11) is 1.67.